The van der Waals surface area contributed by atoms with Gasteiger partial charge >= 0.3 is 0 Å². The van der Waals surface area contributed by atoms with E-state index in [1.54, 1.807) is 6.07 Å². The number of rotatable bonds is 3. The summed E-state index contributed by atoms with van der Waals surface area (Å²) in [5, 5.41) is 36.2. The predicted molar refractivity (Wildman–Crippen MR) is 88.3 cm³/mol. The van der Waals surface area contributed by atoms with Crippen molar-refractivity contribution in [2.24, 2.45) is 5.92 Å². The van der Waals surface area contributed by atoms with Gasteiger partial charge in [-0.05, 0) is 63.1 Å². The maximum absolute atomic E-state index is 11.8. The van der Waals surface area contributed by atoms with Crippen molar-refractivity contribution < 1.29 is 20.1 Å². The Labute approximate surface area is 141 Å². The highest BCUT2D eigenvalue weighted by Gasteiger charge is 2.68. The molecule has 130 valence electrons. The molecule has 1 aliphatic heterocycles. The molecule has 0 amide bonds. The lowest BCUT2D eigenvalue weighted by atomic mass is 9.52. The van der Waals surface area contributed by atoms with Crippen molar-refractivity contribution in [2.75, 3.05) is 6.54 Å². The largest absolute Gasteiger partial charge is 0.504 e. The monoisotopic (exact) mass is 331 g/mol. The summed E-state index contributed by atoms with van der Waals surface area (Å²) in [5.74, 6) is 1.30. The average molecular weight is 331 g/mol. The molecule has 1 aromatic rings. The Balaban J connectivity index is 1.65. The fourth-order valence-corrected chi connectivity index (χ4v) is 5.36. The van der Waals surface area contributed by atoms with Crippen LogP contribution in [-0.4, -0.2) is 45.7 Å². The number of nitrogens with one attached hydrogen (secondary N) is 1. The number of aromatic hydroxyl groups is 1. The van der Waals surface area contributed by atoms with Crippen molar-refractivity contribution in [2.45, 2.75) is 68.3 Å². The first-order valence-electron chi connectivity index (χ1n) is 9.11. The van der Waals surface area contributed by atoms with E-state index >= 15 is 0 Å². The number of aliphatic hydroxyl groups excluding tert-OH is 1. The Kier molecular flexibility index (Phi) is 2.91. The van der Waals surface area contributed by atoms with Crippen molar-refractivity contribution in [3.63, 3.8) is 0 Å². The van der Waals surface area contributed by atoms with Gasteiger partial charge in [0.25, 0.3) is 0 Å². The molecular weight excluding hydrogens is 306 g/mol. The molecule has 1 heterocycles. The van der Waals surface area contributed by atoms with Gasteiger partial charge in [0.05, 0.1) is 17.1 Å². The van der Waals surface area contributed by atoms with Crippen LogP contribution < -0.4 is 10.1 Å². The standard InChI is InChI=1S/C19H25NO4/c1-18-15-11-4-5-12(21)16(15)24-17(18)13(22)6-7-19(18,23)14(8-11)20-9-10-2-3-10/h4-5,10,13-14,17,20-23H,2-3,6-9H2,1H3/t13-,14-,17+,18+,19-/m0/s1. The lowest BCUT2D eigenvalue weighted by Crippen LogP contribution is -2.72. The van der Waals surface area contributed by atoms with Gasteiger partial charge in [0, 0.05) is 11.6 Å². The third kappa shape index (κ3) is 1.70. The number of hydrogen-bond donors (Lipinski definition) is 4. The van der Waals surface area contributed by atoms with E-state index in [0.717, 1.165) is 30.0 Å². The molecule has 0 bridgehead atoms. The zero-order valence-corrected chi connectivity index (χ0v) is 14.0. The van der Waals surface area contributed by atoms with E-state index in [-0.39, 0.29) is 11.8 Å². The Morgan fingerprint density at radius 1 is 1.29 bits per heavy atom. The highest BCUT2D eigenvalue weighted by atomic mass is 16.5. The first-order chi connectivity index (χ1) is 11.4. The number of ether oxygens (including phenoxy) is 1. The van der Waals surface area contributed by atoms with Gasteiger partial charge < -0.3 is 25.4 Å². The molecule has 24 heavy (non-hydrogen) atoms. The van der Waals surface area contributed by atoms with Crippen LogP contribution in [0.4, 0.5) is 0 Å². The molecule has 5 nitrogen and oxygen atoms in total. The van der Waals surface area contributed by atoms with Crippen LogP contribution in [0.1, 0.15) is 43.7 Å². The minimum Gasteiger partial charge on any atom is -0.504 e. The smallest absolute Gasteiger partial charge is 0.165 e. The van der Waals surface area contributed by atoms with Crippen LogP contribution in [0.2, 0.25) is 0 Å². The van der Waals surface area contributed by atoms with Crippen LogP contribution in [-0.2, 0) is 11.8 Å². The van der Waals surface area contributed by atoms with Crippen molar-refractivity contribution >= 4 is 0 Å². The van der Waals surface area contributed by atoms with Gasteiger partial charge in [0.15, 0.2) is 11.5 Å². The second-order valence-corrected chi connectivity index (χ2v) is 8.33. The van der Waals surface area contributed by atoms with E-state index in [1.165, 1.54) is 12.8 Å². The summed E-state index contributed by atoms with van der Waals surface area (Å²) in [4.78, 5) is 0. The normalized spacial score (nSPS) is 42.5. The maximum Gasteiger partial charge on any atom is 0.165 e. The fraction of sp³-hybridized carbons (Fsp3) is 0.684. The summed E-state index contributed by atoms with van der Waals surface area (Å²) in [6.45, 7) is 2.94. The van der Waals surface area contributed by atoms with Gasteiger partial charge in [-0.15, -0.1) is 0 Å². The average Bonchev–Trinajstić information content (AvgIpc) is 3.31. The summed E-state index contributed by atoms with van der Waals surface area (Å²) in [7, 11) is 0. The quantitative estimate of drug-likeness (QED) is 0.670. The zero-order chi connectivity index (χ0) is 16.7. The van der Waals surface area contributed by atoms with Gasteiger partial charge in [0.2, 0.25) is 0 Å². The summed E-state index contributed by atoms with van der Waals surface area (Å²) in [6, 6.07) is 3.56. The first kappa shape index (κ1) is 15.0. The van der Waals surface area contributed by atoms with E-state index in [2.05, 4.69) is 5.32 Å². The van der Waals surface area contributed by atoms with Gasteiger partial charge in [0.1, 0.15) is 6.10 Å². The molecule has 5 heteroatoms. The van der Waals surface area contributed by atoms with Crippen molar-refractivity contribution in [1.82, 2.24) is 5.32 Å². The fourth-order valence-electron chi connectivity index (χ4n) is 5.36. The molecule has 4 N–H and O–H groups in total. The van der Waals surface area contributed by atoms with E-state index in [4.69, 9.17) is 4.74 Å². The van der Waals surface area contributed by atoms with Crippen LogP contribution in [0, 0.1) is 5.92 Å². The molecule has 5 atom stereocenters. The Morgan fingerprint density at radius 3 is 2.83 bits per heavy atom. The first-order valence-corrected chi connectivity index (χ1v) is 9.11. The molecule has 5 rings (SSSR count). The molecule has 0 saturated heterocycles. The predicted octanol–water partition coefficient (Wildman–Crippen LogP) is 1.22. The lowest BCUT2D eigenvalue weighted by molar-refractivity contribution is -0.159. The third-order valence-corrected chi connectivity index (χ3v) is 6.98. The van der Waals surface area contributed by atoms with E-state index in [0.29, 0.717) is 18.6 Å². The minimum absolute atomic E-state index is 0.0512. The van der Waals surface area contributed by atoms with Gasteiger partial charge in [-0.25, -0.2) is 0 Å². The lowest BCUT2D eigenvalue weighted by Gasteiger charge is -2.56. The summed E-state index contributed by atoms with van der Waals surface area (Å²) >= 11 is 0. The number of benzene rings is 1. The maximum atomic E-state index is 11.8. The van der Waals surface area contributed by atoms with E-state index < -0.39 is 23.2 Å². The van der Waals surface area contributed by atoms with Crippen LogP contribution in [0.5, 0.6) is 11.5 Å². The number of aliphatic hydroxyl groups is 2. The van der Waals surface area contributed by atoms with Gasteiger partial charge in [-0.2, -0.15) is 0 Å². The Hall–Kier alpha value is -1.30. The molecule has 2 fully saturated rings. The summed E-state index contributed by atoms with van der Waals surface area (Å²) < 4.78 is 6.01. The van der Waals surface area contributed by atoms with Gasteiger partial charge in [-0.1, -0.05) is 6.07 Å². The SMILES string of the molecule is C[C@@]12c3c4ccc(O)c3O[C@@H]1[C@@H](O)CC[C@]2(O)[C@@H](NCC1CC1)C4. The van der Waals surface area contributed by atoms with Crippen LogP contribution in [0.25, 0.3) is 0 Å². The van der Waals surface area contributed by atoms with Crippen molar-refractivity contribution in [3.8, 4) is 11.5 Å². The topological polar surface area (TPSA) is 82.0 Å². The molecule has 1 aromatic carbocycles. The highest BCUT2D eigenvalue weighted by molar-refractivity contribution is 5.61. The highest BCUT2D eigenvalue weighted by Crippen LogP contribution is 2.61. The number of hydrogen-bond acceptors (Lipinski definition) is 5. The second-order valence-electron chi connectivity index (χ2n) is 8.33. The molecular formula is C19H25NO4. The Morgan fingerprint density at radius 2 is 2.08 bits per heavy atom. The third-order valence-electron chi connectivity index (χ3n) is 6.98. The molecule has 3 aliphatic carbocycles. The van der Waals surface area contributed by atoms with Crippen molar-refractivity contribution in [1.29, 1.82) is 0 Å². The zero-order valence-electron chi connectivity index (χ0n) is 14.0. The van der Waals surface area contributed by atoms with Crippen molar-refractivity contribution in [3.05, 3.63) is 23.3 Å². The number of phenolic OH excluding ortho intramolecular Hbond substituents is 1. The molecule has 2 saturated carbocycles. The molecule has 0 radical (unpaired) electrons. The molecule has 4 aliphatic rings. The summed E-state index contributed by atoms with van der Waals surface area (Å²) in [5.41, 5.74) is 0.337. The van der Waals surface area contributed by atoms with Crippen LogP contribution in [0.3, 0.4) is 0 Å². The number of phenols is 1. The Bertz CT molecular complexity index is 703. The van der Waals surface area contributed by atoms with Crippen LogP contribution in [0.15, 0.2) is 12.1 Å². The molecule has 0 spiro atoms. The van der Waals surface area contributed by atoms with Crippen LogP contribution >= 0.6 is 0 Å². The van der Waals surface area contributed by atoms with Gasteiger partial charge in [-0.3, -0.25) is 0 Å². The minimum atomic E-state index is -0.974. The summed E-state index contributed by atoms with van der Waals surface area (Å²) in [6.07, 6.45) is 3.20. The van der Waals surface area contributed by atoms with E-state index in [1.807, 2.05) is 13.0 Å². The molecule has 0 unspecified atom stereocenters. The second kappa shape index (κ2) is 4.65. The molecule has 0 aromatic heterocycles. The van der Waals surface area contributed by atoms with E-state index in [9.17, 15) is 15.3 Å².